The smallest absolute Gasteiger partial charge is 0.248 e. The van der Waals surface area contributed by atoms with Crippen LogP contribution >= 0.6 is 0 Å². The highest BCUT2D eigenvalue weighted by atomic mass is 16.3. The molecule has 0 radical (unpaired) electrons. The highest BCUT2D eigenvalue weighted by Crippen LogP contribution is 2.11. The molecule has 2 atom stereocenters. The summed E-state index contributed by atoms with van der Waals surface area (Å²) in [5.41, 5.74) is 0. The number of hydrogen-bond donors (Lipinski definition) is 3. The van der Waals surface area contributed by atoms with E-state index in [2.05, 4.69) is 10.6 Å². The van der Waals surface area contributed by atoms with Crippen molar-refractivity contribution in [1.82, 2.24) is 15.5 Å². The summed E-state index contributed by atoms with van der Waals surface area (Å²) in [6, 6.07) is -1.16. The number of rotatable bonds is 1. The van der Waals surface area contributed by atoms with E-state index in [4.69, 9.17) is 5.11 Å². The maximum atomic E-state index is 11.7. The first-order valence-corrected chi connectivity index (χ1v) is 4.66. The summed E-state index contributed by atoms with van der Waals surface area (Å²) in [5.74, 6) is -0.366. The lowest BCUT2D eigenvalue weighted by Gasteiger charge is -2.41. The van der Waals surface area contributed by atoms with Gasteiger partial charge in [0.1, 0.15) is 12.1 Å². The van der Waals surface area contributed by atoms with Crippen molar-refractivity contribution in [3.8, 4) is 0 Å². The van der Waals surface area contributed by atoms with Gasteiger partial charge in [-0.2, -0.15) is 0 Å². The molecule has 6 nitrogen and oxygen atoms in total. The Bertz CT molecular complexity index is 269. The third kappa shape index (κ3) is 1.36. The molecule has 2 saturated heterocycles. The molecule has 2 heterocycles. The Hall–Kier alpha value is -1.14. The summed E-state index contributed by atoms with van der Waals surface area (Å²) in [4.78, 5) is 24.7. The van der Waals surface area contributed by atoms with Gasteiger partial charge in [0.05, 0.1) is 6.61 Å². The van der Waals surface area contributed by atoms with Crippen molar-refractivity contribution in [2.75, 3.05) is 26.2 Å². The van der Waals surface area contributed by atoms with Crippen LogP contribution in [0.5, 0.6) is 0 Å². The van der Waals surface area contributed by atoms with Crippen molar-refractivity contribution >= 4 is 11.8 Å². The Balaban J connectivity index is 2.17. The van der Waals surface area contributed by atoms with E-state index in [0.29, 0.717) is 19.6 Å². The van der Waals surface area contributed by atoms with Gasteiger partial charge in [0.25, 0.3) is 0 Å². The second-order valence-corrected chi connectivity index (χ2v) is 3.50. The third-order valence-electron chi connectivity index (χ3n) is 2.63. The summed E-state index contributed by atoms with van der Waals surface area (Å²) in [5, 5.41) is 14.4. The molecule has 0 aromatic rings. The predicted molar refractivity (Wildman–Crippen MR) is 47.4 cm³/mol. The molecule has 2 aliphatic rings. The van der Waals surface area contributed by atoms with Crippen LogP contribution in [0.25, 0.3) is 0 Å². The molecule has 3 N–H and O–H groups in total. The lowest BCUT2D eigenvalue weighted by molar-refractivity contribution is -0.151. The van der Waals surface area contributed by atoms with Gasteiger partial charge in [-0.25, -0.2) is 0 Å². The van der Waals surface area contributed by atoms with Gasteiger partial charge in [-0.1, -0.05) is 0 Å². The van der Waals surface area contributed by atoms with Crippen LogP contribution < -0.4 is 10.6 Å². The molecule has 2 fully saturated rings. The zero-order valence-electron chi connectivity index (χ0n) is 7.69. The van der Waals surface area contributed by atoms with E-state index >= 15 is 0 Å². The van der Waals surface area contributed by atoms with Gasteiger partial charge in [-0.05, 0) is 0 Å². The van der Waals surface area contributed by atoms with E-state index in [1.165, 1.54) is 4.90 Å². The van der Waals surface area contributed by atoms with Gasteiger partial charge in [-0.3, -0.25) is 9.59 Å². The number of aliphatic hydroxyl groups excluding tert-OH is 1. The average Bonchev–Trinajstić information content (AvgIpc) is 2.23. The molecular weight excluding hydrogens is 186 g/mol. The Morgan fingerprint density at radius 2 is 2.29 bits per heavy atom. The van der Waals surface area contributed by atoms with Crippen molar-refractivity contribution in [2.45, 2.75) is 12.1 Å². The highest BCUT2D eigenvalue weighted by Gasteiger charge is 2.41. The molecule has 0 aromatic carbocycles. The molecule has 0 bridgehead atoms. The fraction of sp³-hybridized carbons (Fsp3) is 0.750. The second kappa shape index (κ2) is 3.55. The number of amides is 2. The number of fused-ring (bicyclic) bond motifs is 1. The second-order valence-electron chi connectivity index (χ2n) is 3.50. The number of nitrogens with zero attached hydrogens (tertiary/aromatic N) is 1. The van der Waals surface area contributed by atoms with E-state index in [1.54, 1.807) is 0 Å². The lowest BCUT2D eigenvalue weighted by atomic mass is 10.1. The monoisotopic (exact) mass is 199 g/mol. The van der Waals surface area contributed by atoms with Crippen LogP contribution in [0.4, 0.5) is 0 Å². The molecule has 0 aliphatic carbocycles. The van der Waals surface area contributed by atoms with Crippen LogP contribution in [0.1, 0.15) is 0 Å². The van der Waals surface area contributed by atoms with E-state index < -0.39 is 12.1 Å². The van der Waals surface area contributed by atoms with Crippen molar-refractivity contribution < 1.29 is 14.7 Å². The summed E-state index contributed by atoms with van der Waals surface area (Å²) in [6.07, 6.45) is 0. The Kier molecular flexibility index (Phi) is 2.39. The van der Waals surface area contributed by atoms with Gasteiger partial charge >= 0.3 is 0 Å². The maximum absolute atomic E-state index is 11.7. The normalized spacial score (nSPS) is 32.5. The van der Waals surface area contributed by atoms with Gasteiger partial charge < -0.3 is 20.6 Å². The summed E-state index contributed by atoms with van der Waals surface area (Å²) in [7, 11) is 0. The molecule has 2 rings (SSSR count). The van der Waals surface area contributed by atoms with Crippen LogP contribution in [-0.2, 0) is 9.59 Å². The number of nitrogens with one attached hydrogen (secondary N) is 2. The maximum Gasteiger partial charge on any atom is 0.248 e. The summed E-state index contributed by atoms with van der Waals surface area (Å²) >= 11 is 0. The Labute approximate surface area is 81.3 Å². The zero-order valence-corrected chi connectivity index (χ0v) is 7.69. The first-order chi connectivity index (χ1) is 6.74. The fourth-order valence-corrected chi connectivity index (χ4v) is 1.86. The first-order valence-electron chi connectivity index (χ1n) is 4.66. The molecule has 2 aliphatic heterocycles. The molecular formula is C8H13N3O3. The van der Waals surface area contributed by atoms with Crippen LogP contribution in [0, 0.1) is 0 Å². The fourth-order valence-electron chi connectivity index (χ4n) is 1.86. The van der Waals surface area contributed by atoms with Crippen molar-refractivity contribution in [1.29, 1.82) is 0 Å². The van der Waals surface area contributed by atoms with Crippen molar-refractivity contribution in [2.24, 2.45) is 0 Å². The minimum Gasteiger partial charge on any atom is -0.394 e. The molecule has 2 amide bonds. The van der Waals surface area contributed by atoms with E-state index in [1.807, 2.05) is 0 Å². The van der Waals surface area contributed by atoms with Gasteiger partial charge in [0.2, 0.25) is 11.8 Å². The number of aliphatic hydroxyl groups is 1. The highest BCUT2D eigenvalue weighted by molar-refractivity contribution is 5.97. The number of carbonyl (C=O) groups is 2. The minimum absolute atomic E-state index is 0.182. The molecule has 1 unspecified atom stereocenters. The van der Waals surface area contributed by atoms with Crippen molar-refractivity contribution in [3.63, 3.8) is 0 Å². The first kappa shape index (κ1) is 9.42. The average molecular weight is 199 g/mol. The van der Waals surface area contributed by atoms with Crippen LogP contribution in [0.3, 0.4) is 0 Å². The van der Waals surface area contributed by atoms with Crippen LogP contribution in [-0.4, -0.2) is 60.1 Å². The van der Waals surface area contributed by atoms with Crippen molar-refractivity contribution in [3.05, 3.63) is 0 Å². The molecule has 0 aromatic heterocycles. The van der Waals surface area contributed by atoms with Gasteiger partial charge in [0, 0.05) is 19.6 Å². The van der Waals surface area contributed by atoms with Crippen LogP contribution in [0.2, 0.25) is 0 Å². The Morgan fingerprint density at radius 1 is 1.50 bits per heavy atom. The minimum atomic E-state index is -0.753. The summed E-state index contributed by atoms with van der Waals surface area (Å²) in [6.45, 7) is 1.40. The molecule has 0 spiro atoms. The summed E-state index contributed by atoms with van der Waals surface area (Å²) < 4.78 is 0. The van der Waals surface area contributed by atoms with E-state index in [0.717, 1.165) is 0 Å². The van der Waals surface area contributed by atoms with Gasteiger partial charge in [-0.15, -0.1) is 0 Å². The SMILES string of the molecule is O=C1N[C@@H](CO)C(=O)N2CCNCC12. The van der Waals surface area contributed by atoms with Gasteiger partial charge in [0.15, 0.2) is 0 Å². The lowest BCUT2D eigenvalue weighted by Crippen LogP contribution is -2.69. The number of piperazine rings is 2. The Morgan fingerprint density at radius 3 is 3.00 bits per heavy atom. The third-order valence-corrected chi connectivity index (χ3v) is 2.63. The molecule has 78 valence electrons. The quantitative estimate of drug-likeness (QED) is 0.428. The standard InChI is InChI=1S/C8H13N3O3/c12-4-5-8(14)11-2-1-9-3-6(11)7(13)10-5/h5-6,9,12H,1-4H2,(H,10,13)/t5-,6?/m0/s1. The predicted octanol–water partition coefficient (Wildman–Crippen LogP) is -2.72. The number of carbonyl (C=O) groups excluding carboxylic acids is 2. The largest absolute Gasteiger partial charge is 0.394 e. The van der Waals surface area contributed by atoms with E-state index in [9.17, 15) is 9.59 Å². The topological polar surface area (TPSA) is 81.7 Å². The zero-order chi connectivity index (χ0) is 10.1. The molecule has 0 saturated carbocycles. The van der Waals surface area contributed by atoms with E-state index in [-0.39, 0.29) is 18.4 Å². The molecule has 6 heteroatoms. The number of hydrogen-bond acceptors (Lipinski definition) is 4. The van der Waals surface area contributed by atoms with Crippen LogP contribution in [0.15, 0.2) is 0 Å². The molecule has 14 heavy (non-hydrogen) atoms.